The number of benzene rings is 1. The van der Waals surface area contributed by atoms with Crippen LogP contribution in [0.1, 0.15) is 37.3 Å². The lowest BCUT2D eigenvalue weighted by molar-refractivity contribution is -0.173. The molecule has 152 valence electrons. The van der Waals surface area contributed by atoms with Crippen molar-refractivity contribution in [2.45, 2.75) is 32.4 Å². The van der Waals surface area contributed by atoms with Gasteiger partial charge in [0.05, 0.1) is 30.4 Å². The number of carbonyl (C=O) groups excluding carboxylic acids is 2. The zero-order chi connectivity index (χ0) is 20.5. The van der Waals surface area contributed by atoms with Crippen molar-refractivity contribution in [3.05, 3.63) is 35.4 Å². The molecular formula is C19H20F3NO5. The average molecular weight is 399 g/mol. The molecule has 0 unspecified atom stereocenters. The molecule has 0 bridgehead atoms. The lowest BCUT2D eigenvalue weighted by atomic mass is 9.73. The number of carbonyl (C=O) groups is 2. The Morgan fingerprint density at radius 1 is 1.14 bits per heavy atom. The van der Waals surface area contributed by atoms with Crippen molar-refractivity contribution in [3.8, 4) is 0 Å². The number of hydrogen-bond acceptors (Lipinski definition) is 6. The second-order valence-electron chi connectivity index (χ2n) is 6.68. The van der Waals surface area contributed by atoms with Gasteiger partial charge in [0.25, 0.3) is 0 Å². The van der Waals surface area contributed by atoms with Crippen LogP contribution in [-0.2, 0) is 30.1 Å². The van der Waals surface area contributed by atoms with Gasteiger partial charge in [-0.05, 0) is 38.0 Å². The molecule has 1 heterocycles. The molecule has 0 N–H and O–H groups in total. The largest absolute Gasteiger partial charge is 0.465 e. The van der Waals surface area contributed by atoms with Crippen LogP contribution < -0.4 is 0 Å². The van der Waals surface area contributed by atoms with Crippen LogP contribution in [0.5, 0.6) is 0 Å². The number of nitrogens with zero attached hydrogens (tertiary/aromatic N) is 1. The summed E-state index contributed by atoms with van der Waals surface area (Å²) in [6, 6.07) is 4.34. The summed E-state index contributed by atoms with van der Waals surface area (Å²) in [6.45, 7) is 3.51. The molecule has 0 aromatic heterocycles. The Bertz CT molecular complexity index is 770. The average Bonchev–Trinajstić information content (AvgIpc) is 3.20. The van der Waals surface area contributed by atoms with Crippen LogP contribution in [0, 0.1) is 11.3 Å². The van der Waals surface area contributed by atoms with Gasteiger partial charge in [0.1, 0.15) is 6.61 Å². The summed E-state index contributed by atoms with van der Waals surface area (Å²) in [7, 11) is 0. The summed E-state index contributed by atoms with van der Waals surface area (Å²) in [5.74, 6) is -2.77. The maximum absolute atomic E-state index is 12.9. The van der Waals surface area contributed by atoms with Gasteiger partial charge in [0, 0.05) is 5.92 Å². The molecule has 1 aromatic rings. The van der Waals surface area contributed by atoms with Crippen LogP contribution >= 0.6 is 0 Å². The quantitative estimate of drug-likeness (QED) is 0.561. The van der Waals surface area contributed by atoms with E-state index in [1.54, 1.807) is 13.8 Å². The van der Waals surface area contributed by atoms with Gasteiger partial charge >= 0.3 is 18.1 Å². The first-order valence-corrected chi connectivity index (χ1v) is 8.97. The van der Waals surface area contributed by atoms with Crippen molar-refractivity contribution in [1.29, 1.82) is 0 Å². The van der Waals surface area contributed by atoms with E-state index in [1.165, 1.54) is 12.1 Å². The predicted molar refractivity (Wildman–Crippen MR) is 91.4 cm³/mol. The first-order chi connectivity index (χ1) is 13.3. The molecule has 1 aliphatic carbocycles. The smallest absolute Gasteiger partial charge is 0.416 e. The van der Waals surface area contributed by atoms with Crippen molar-refractivity contribution in [2.24, 2.45) is 16.5 Å². The molecule has 0 radical (unpaired) electrons. The van der Waals surface area contributed by atoms with Crippen LogP contribution in [0.15, 0.2) is 29.4 Å². The molecule has 3 rings (SSSR count). The van der Waals surface area contributed by atoms with Crippen LogP contribution in [0.2, 0.25) is 0 Å². The number of fused-ring (bicyclic) bond motifs is 1. The SMILES string of the molecule is CCOC(=O)C1(C(=O)OCC)C[C@H]2CON=C2[C@@H]1c1ccc(C(F)(F)F)cc1. The van der Waals surface area contributed by atoms with Gasteiger partial charge in [-0.25, -0.2) is 0 Å². The Labute approximate surface area is 159 Å². The molecule has 0 spiro atoms. The lowest BCUT2D eigenvalue weighted by Crippen LogP contribution is -2.45. The van der Waals surface area contributed by atoms with Gasteiger partial charge in [0.15, 0.2) is 5.41 Å². The first kappa shape index (κ1) is 20.2. The van der Waals surface area contributed by atoms with E-state index in [0.717, 1.165) is 12.1 Å². The molecule has 0 saturated heterocycles. The van der Waals surface area contributed by atoms with Crippen LogP contribution in [0.25, 0.3) is 0 Å². The molecule has 9 heteroatoms. The highest BCUT2D eigenvalue weighted by atomic mass is 19.4. The number of halogens is 3. The van der Waals surface area contributed by atoms with Crippen LogP contribution in [-0.4, -0.2) is 37.5 Å². The van der Waals surface area contributed by atoms with Crippen molar-refractivity contribution >= 4 is 17.7 Å². The van der Waals surface area contributed by atoms with Gasteiger partial charge < -0.3 is 14.3 Å². The number of esters is 2. The van der Waals surface area contributed by atoms with E-state index in [-0.39, 0.29) is 32.2 Å². The molecule has 2 aliphatic rings. The fourth-order valence-corrected chi connectivity index (χ4v) is 3.90. The topological polar surface area (TPSA) is 74.2 Å². The molecule has 1 saturated carbocycles. The van der Waals surface area contributed by atoms with Gasteiger partial charge in [0.2, 0.25) is 0 Å². The summed E-state index contributed by atoms with van der Waals surface area (Å²) in [5, 5.41) is 3.99. The Balaban J connectivity index is 2.12. The van der Waals surface area contributed by atoms with E-state index < -0.39 is 35.0 Å². The second-order valence-corrected chi connectivity index (χ2v) is 6.68. The minimum atomic E-state index is -4.50. The Kier molecular flexibility index (Phi) is 5.36. The van der Waals surface area contributed by atoms with Crippen molar-refractivity contribution < 1.29 is 37.1 Å². The maximum atomic E-state index is 12.9. The molecule has 1 aliphatic heterocycles. The highest BCUT2D eigenvalue weighted by Crippen LogP contribution is 2.54. The number of alkyl halides is 3. The molecule has 28 heavy (non-hydrogen) atoms. The van der Waals surface area contributed by atoms with Crippen molar-refractivity contribution in [2.75, 3.05) is 19.8 Å². The fraction of sp³-hybridized carbons (Fsp3) is 0.526. The number of rotatable bonds is 5. The van der Waals surface area contributed by atoms with Gasteiger partial charge in [-0.2, -0.15) is 13.2 Å². The Hall–Kier alpha value is -2.58. The molecule has 1 fully saturated rings. The number of hydrogen-bond donors (Lipinski definition) is 0. The van der Waals surface area contributed by atoms with E-state index in [1.807, 2.05) is 0 Å². The van der Waals surface area contributed by atoms with Gasteiger partial charge in [-0.15, -0.1) is 0 Å². The number of ether oxygens (including phenoxy) is 2. The third kappa shape index (κ3) is 3.22. The van der Waals surface area contributed by atoms with Gasteiger partial charge in [-0.3, -0.25) is 9.59 Å². The summed E-state index contributed by atoms with van der Waals surface area (Å²) in [6.07, 6.45) is -4.43. The Morgan fingerprint density at radius 3 is 2.21 bits per heavy atom. The van der Waals surface area contributed by atoms with E-state index in [2.05, 4.69) is 5.16 Å². The molecule has 1 aromatic carbocycles. The van der Waals surface area contributed by atoms with Crippen LogP contribution in [0.3, 0.4) is 0 Å². The normalized spacial score (nSPS) is 22.8. The van der Waals surface area contributed by atoms with Crippen LogP contribution in [0.4, 0.5) is 13.2 Å². The number of oxime groups is 1. The zero-order valence-electron chi connectivity index (χ0n) is 15.4. The van der Waals surface area contributed by atoms with Crippen molar-refractivity contribution in [1.82, 2.24) is 0 Å². The highest BCUT2D eigenvalue weighted by molar-refractivity contribution is 6.12. The third-order valence-corrected chi connectivity index (χ3v) is 5.07. The molecule has 2 atom stereocenters. The zero-order valence-corrected chi connectivity index (χ0v) is 15.4. The first-order valence-electron chi connectivity index (χ1n) is 8.97. The van der Waals surface area contributed by atoms with Crippen molar-refractivity contribution in [3.63, 3.8) is 0 Å². The standard InChI is InChI=1S/C19H20F3NO5/c1-3-26-16(24)18(17(25)27-4-2)9-12-10-28-23-15(12)14(18)11-5-7-13(8-6-11)19(20,21)22/h5-8,12,14H,3-4,9-10H2,1-2H3/t12-,14-/m0/s1. The predicted octanol–water partition coefficient (Wildman–Crippen LogP) is 3.31. The van der Waals surface area contributed by atoms with E-state index in [4.69, 9.17) is 14.3 Å². The minimum Gasteiger partial charge on any atom is -0.465 e. The maximum Gasteiger partial charge on any atom is 0.416 e. The summed E-state index contributed by atoms with van der Waals surface area (Å²) >= 11 is 0. The third-order valence-electron chi connectivity index (χ3n) is 5.07. The van der Waals surface area contributed by atoms with Gasteiger partial charge in [-0.1, -0.05) is 17.3 Å². The second kappa shape index (κ2) is 7.44. The van der Waals surface area contributed by atoms with E-state index >= 15 is 0 Å². The minimum absolute atomic E-state index is 0.0490. The molecular weight excluding hydrogens is 379 g/mol. The summed E-state index contributed by atoms with van der Waals surface area (Å²) < 4.78 is 49.1. The summed E-state index contributed by atoms with van der Waals surface area (Å²) in [5.41, 5.74) is -1.74. The lowest BCUT2D eigenvalue weighted by Gasteiger charge is -2.31. The van der Waals surface area contributed by atoms with E-state index in [9.17, 15) is 22.8 Å². The highest BCUT2D eigenvalue weighted by Gasteiger charge is 2.65. The monoisotopic (exact) mass is 399 g/mol. The molecule has 0 amide bonds. The summed E-state index contributed by atoms with van der Waals surface area (Å²) in [4.78, 5) is 31.0. The molecule has 6 nitrogen and oxygen atoms in total. The fourth-order valence-electron chi connectivity index (χ4n) is 3.90. The Morgan fingerprint density at radius 2 is 1.71 bits per heavy atom. The van der Waals surface area contributed by atoms with E-state index in [0.29, 0.717) is 11.3 Å².